The Morgan fingerprint density at radius 3 is 2.60 bits per heavy atom. The molecule has 0 bridgehead atoms. The average Bonchev–Trinajstić information content (AvgIpc) is 2.39. The number of ketones is 1. The van der Waals surface area contributed by atoms with Crippen molar-refractivity contribution in [3.05, 3.63) is 58.9 Å². The predicted molar refractivity (Wildman–Crippen MR) is 65.8 cm³/mol. The first-order valence-corrected chi connectivity index (χ1v) is 5.74. The van der Waals surface area contributed by atoms with Crippen molar-refractivity contribution < 1.29 is 22.7 Å². The van der Waals surface area contributed by atoms with E-state index in [1.54, 1.807) is 0 Å². The van der Waals surface area contributed by atoms with Gasteiger partial charge in [-0.1, -0.05) is 11.6 Å². The van der Waals surface area contributed by atoms with Crippen LogP contribution in [0.1, 0.15) is 15.9 Å². The minimum atomic E-state index is -4.89. The van der Waals surface area contributed by atoms with Crippen LogP contribution in [-0.2, 0) is 0 Å². The molecule has 1 aromatic carbocycles. The van der Waals surface area contributed by atoms with Crippen molar-refractivity contribution in [2.75, 3.05) is 0 Å². The summed E-state index contributed by atoms with van der Waals surface area (Å²) in [6.45, 7) is 0. The van der Waals surface area contributed by atoms with Gasteiger partial charge in [0.05, 0.1) is 5.56 Å². The van der Waals surface area contributed by atoms with E-state index in [4.69, 9.17) is 11.6 Å². The minimum Gasteiger partial charge on any atom is -0.405 e. The van der Waals surface area contributed by atoms with Gasteiger partial charge in [-0.3, -0.25) is 9.78 Å². The Morgan fingerprint density at radius 1 is 1.25 bits per heavy atom. The van der Waals surface area contributed by atoms with E-state index in [0.717, 1.165) is 12.1 Å². The van der Waals surface area contributed by atoms with Crippen LogP contribution in [0.4, 0.5) is 13.2 Å². The molecule has 0 N–H and O–H groups in total. The molecule has 104 valence electrons. The van der Waals surface area contributed by atoms with Gasteiger partial charge in [0.25, 0.3) is 0 Å². The second kappa shape index (κ2) is 5.50. The monoisotopic (exact) mass is 301 g/mol. The van der Waals surface area contributed by atoms with Crippen molar-refractivity contribution in [3.63, 3.8) is 0 Å². The topological polar surface area (TPSA) is 39.2 Å². The Labute approximate surface area is 117 Å². The maximum atomic E-state index is 12.3. The Hall–Kier alpha value is -2.08. The van der Waals surface area contributed by atoms with Crippen LogP contribution in [0.5, 0.6) is 5.75 Å². The van der Waals surface area contributed by atoms with Crippen LogP contribution in [0.3, 0.4) is 0 Å². The van der Waals surface area contributed by atoms with E-state index in [0.29, 0.717) is 0 Å². The molecule has 0 amide bonds. The highest BCUT2D eigenvalue weighted by Gasteiger charge is 2.33. The Morgan fingerprint density at radius 2 is 2.00 bits per heavy atom. The number of ether oxygens (including phenoxy) is 1. The summed E-state index contributed by atoms with van der Waals surface area (Å²) in [4.78, 5) is 15.9. The number of halogens is 4. The zero-order valence-corrected chi connectivity index (χ0v) is 10.6. The molecule has 0 radical (unpaired) electrons. The van der Waals surface area contributed by atoms with Crippen LogP contribution in [0.15, 0.2) is 42.7 Å². The first-order chi connectivity index (χ1) is 9.37. The molecular formula is C13H7ClF3NO2. The number of carbonyl (C=O) groups is 1. The summed E-state index contributed by atoms with van der Waals surface area (Å²) in [5.41, 5.74) is -0.135. The summed E-state index contributed by atoms with van der Waals surface area (Å²) in [6, 6.07) is 6.27. The molecule has 1 heterocycles. The Bertz CT molecular complexity index is 629. The molecule has 0 unspecified atom stereocenters. The molecule has 0 fully saturated rings. The lowest BCUT2D eigenvalue weighted by atomic mass is 10.0. The lowest BCUT2D eigenvalue weighted by Gasteiger charge is -2.12. The van der Waals surface area contributed by atoms with Crippen LogP contribution >= 0.6 is 11.6 Å². The second-order valence-electron chi connectivity index (χ2n) is 3.76. The minimum absolute atomic E-state index is 0.131. The van der Waals surface area contributed by atoms with Gasteiger partial charge in [0, 0.05) is 23.0 Å². The third kappa shape index (κ3) is 3.48. The van der Waals surface area contributed by atoms with E-state index in [-0.39, 0.29) is 16.1 Å². The molecular weight excluding hydrogens is 295 g/mol. The molecule has 7 heteroatoms. The van der Waals surface area contributed by atoms with Gasteiger partial charge in [0.2, 0.25) is 0 Å². The van der Waals surface area contributed by atoms with E-state index < -0.39 is 17.9 Å². The summed E-state index contributed by atoms with van der Waals surface area (Å²) >= 11 is 5.71. The first kappa shape index (κ1) is 14.3. The SMILES string of the molecule is O=C(c1cccnc1)c1cc(Cl)ccc1OC(F)(F)F. The lowest BCUT2D eigenvalue weighted by Crippen LogP contribution is -2.19. The summed E-state index contributed by atoms with van der Waals surface area (Å²) in [5, 5.41) is 0.131. The van der Waals surface area contributed by atoms with Crippen LogP contribution in [0.25, 0.3) is 0 Å². The van der Waals surface area contributed by atoms with Gasteiger partial charge in [-0.2, -0.15) is 0 Å². The number of rotatable bonds is 3. The van der Waals surface area contributed by atoms with Crippen molar-refractivity contribution >= 4 is 17.4 Å². The molecule has 0 aliphatic carbocycles. The van der Waals surface area contributed by atoms with Gasteiger partial charge in [-0.25, -0.2) is 0 Å². The van der Waals surface area contributed by atoms with E-state index in [1.807, 2.05) is 0 Å². The smallest absolute Gasteiger partial charge is 0.405 e. The number of hydrogen-bond acceptors (Lipinski definition) is 3. The number of carbonyl (C=O) groups excluding carboxylic acids is 1. The zero-order chi connectivity index (χ0) is 14.8. The van der Waals surface area contributed by atoms with Crippen molar-refractivity contribution in [3.8, 4) is 5.75 Å². The molecule has 0 aliphatic rings. The predicted octanol–water partition coefficient (Wildman–Crippen LogP) is 3.86. The number of hydrogen-bond donors (Lipinski definition) is 0. The standard InChI is InChI=1S/C13H7ClF3NO2/c14-9-3-4-11(20-13(15,16)17)10(6-9)12(19)8-2-1-5-18-7-8/h1-7H. The number of nitrogens with zero attached hydrogens (tertiary/aromatic N) is 1. The van der Waals surface area contributed by atoms with Gasteiger partial charge in [0.1, 0.15) is 5.75 Å². The molecule has 0 saturated carbocycles. The largest absolute Gasteiger partial charge is 0.573 e. The fourth-order valence-corrected chi connectivity index (χ4v) is 1.72. The van der Waals surface area contributed by atoms with E-state index in [2.05, 4.69) is 9.72 Å². The highest BCUT2D eigenvalue weighted by atomic mass is 35.5. The lowest BCUT2D eigenvalue weighted by molar-refractivity contribution is -0.274. The molecule has 3 nitrogen and oxygen atoms in total. The van der Waals surface area contributed by atoms with Gasteiger partial charge in [-0.15, -0.1) is 13.2 Å². The fraction of sp³-hybridized carbons (Fsp3) is 0.0769. The molecule has 0 saturated heterocycles. The van der Waals surface area contributed by atoms with E-state index >= 15 is 0 Å². The Balaban J connectivity index is 2.44. The quantitative estimate of drug-likeness (QED) is 0.808. The maximum Gasteiger partial charge on any atom is 0.573 e. The van der Waals surface area contributed by atoms with Gasteiger partial charge in [-0.05, 0) is 30.3 Å². The molecule has 20 heavy (non-hydrogen) atoms. The fourth-order valence-electron chi connectivity index (χ4n) is 1.55. The number of pyridine rings is 1. The zero-order valence-electron chi connectivity index (χ0n) is 9.82. The molecule has 0 aliphatic heterocycles. The molecule has 2 aromatic rings. The van der Waals surface area contributed by atoms with Crippen LogP contribution in [0, 0.1) is 0 Å². The van der Waals surface area contributed by atoms with Crippen molar-refractivity contribution in [2.45, 2.75) is 6.36 Å². The average molecular weight is 302 g/mol. The summed E-state index contributed by atoms with van der Waals surface area (Å²) in [5.74, 6) is -1.25. The summed E-state index contributed by atoms with van der Waals surface area (Å²) < 4.78 is 40.8. The molecule has 0 spiro atoms. The third-order valence-electron chi connectivity index (χ3n) is 2.34. The van der Waals surface area contributed by atoms with Crippen molar-refractivity contribution in [1.82, 2.24) is 4.98 Å². The normalized spacial score (nSPS) is 11.2. The summed E-state index contributed by atoms with van der Waals surface area (Å²) in [6.07, 6.45) is -2.19. The van der Waals surface area contributed by atoms with Gasteiger partial charge in [0.15, 0.2) is 5.78 Å². The van der Waals surface area contributed by atoms with Crippen LogP contribution in [-0.4, -0.2) is 17.1 Å². The van der Waals surface area contributed by atoms with Gasteiger partial charge >= 0.3 is 6.36 Å². The first-order valence-electron chi connectivity index (χ1n) is 5.37. The Kier molecular flexibility index (Phi) is 3.94. The summed E-state index contributed by atoms with van der Waals surface area (Å²) in [7, 11) is 0. The maximum absolute atomic E-state index is 12.3. The second-order valence-corrected chi connectivity index (χ2v) is 4.20. The number of benzene rings is 1. The highest BCUT2D eigenvalue weighted by molar-refractivity contribution is 6.31. The third-order valence-corrected chi connectivity index (χ3v) is 2.57. The van der Waals surface area contributed by atoms with Gasteiger partial charge < -0.3 is 4.74 Å². The number of alkyl halides is 3. The highest BCUT2D eigenvalue weighted by Crippen LogP contribution is 2.30. The van der Waals surface area contributed by atoms with Crippen molar-refractivity contribution in [1.29, 1.82) is 0 Å². The molecule has 0 atom stereocenters. The van der Waals surface area contributed by atoms with Crippen molar-refractivity contribution in [2.24, 2.45) is 0 Å². The van der Waals surface area contributed by atoms with Crippen LogP contribution < -0.4 is 4.74 Å². The van der Waals surface area contributed by atoms with E-state index in [9.17, 15) is 18.0 Å². The van der Waals surface area contributed by atoms with E-state index in [1.165, 1.54) is 30.6 Å². The molecule has 2 rings (SSSR count). The molecule has 1 aromatic heterocycles. The number of aromatic nitrogens is 1. The van der Waals surface area contributed by atoms with Crippen LogP contribution in [0.2, 0.25) is 5.02 Å².